The number of aliphatic hydroxyl groups is 1. The third-order valence-electron chi connectivity index (χ3n) is 3.03. The van der Waals surface area contributed by atoms with Crippen molar-refractivity contribution in [2.24, 2.45) is 0 Å². The Balaban J connectivity index is 1.90. The lowest BCUT2D eigenvalue weighted by atomic mass is 10.1. The van der Waals surface area contributed by atoms with Crippen molar-refractivity contribution in [2.75, 3.05) is 0 Å². The summed E-state index contributed by atoms with van der Waals surface area (Å²) in [5, 5.41) is 9.94. The first-order chi connectivity index (χ1) is 9.96. The number of benzene rings is 1. The summed E-state index contributed by atoms with van der Waals surface area (Å²) < 4.78 is 31.8. The van der Waals surface area contributed by atoms with E-state index >= 15 is 0 Å². The Morgan fingerprint density at radius 2 is 1.90 bits per heavy atom. The molecule has 0 aliphatic heterocycles. The predicted octanol–water partition coefficient (Wildman–Crippen LogP) is 2.21. The summed E-state index contributed by atoms with van der Waals surface area (Å²) in [5.74, 6) is 0.360. The zero-order chi connectivity index (χ0) is 15.3. The first-order valence-corrected chi connectivity index (χ1v) is 8.37. The van der Waals surface area contributed by atoms with E-state index in [1.807, 2.05) is 6.07 Å². The number of sulfonamides is 1. The zero-order valence-electron chi connectivity index (χ0n) is 11.8. The minimum atomic E-state index is -3.44. The molecule has 0 aliphatic carbocycles. The molecule has 21 heavy (non-hydrogen) atoms. The average Bonchev–Trinajstić information content (AvgIpc) is 2.92. The van der Waals surface area contributed by atoms with E-state index in [0.29, 0.717) is 5.76 Å². The summed E-state index contributed by atoms with van der Waals surface area (Å²) in [6.07, 6.45) is 0.902. The second-order valence-corrected chi connectivity index (χ2v) is 6.78. The van der Waals surface area contributed by atoms with E-state index in [2.05, 4.69) is 4.72 Å². The third kappa shape index (κ3) is 5.00. The van der Waals surface area contributed by atoms with Crippen molar-refractivity contribution in [1.29, 1.82) is 0 Å². The first-order valence-electron chi connectivity index (χ1n) is 6.71. The van der Waals surface area contributed by atoms with Gasteiger partial charge in [0.2, 0.25) is 10.0 Å². The molecule has 2 N–H and O–H groups in total. The van der Waals surface area contributed by atoms with Crippen molar-refractivity contribution < 1.29 is 17.9 Å². The fourth-order valence-corrected chi connectivity index (χ4v) is 3.55. The Kier molecular flexibility index (Phi) is 5.17. The van der Waals surface area contributed by atoms with E-state index in [1.165, 1.54) is 6.26 Å². The molecule has 0 saturated carbocycles. The van der Waals surface area contributed by atoms with E-state index in [0.717, 1.165) is 5.56 Å². The molecule has 0 aliphatic rings. The monoisotopic (exact) mass is 309 g/mol. The highest BCUT2D eigenvalue weighted by molar-refractivity contribution is 7.88. The van der Waals surface area contributed by atoms with Crippen LogP contribution in [-0.4, -0.2) is 19.6 Å². The normalized spacial score (nSPS) is 14.8. The summed E-state index contributed by atoms with van der Waals surface area (Å²) in [7, 11) is -3.44. The lowest BCUT2D eigenvalue weighted by Gasteiger charge is -2.16. The second kappa shape index (κ2) is 6.89. The standard InChI is InChI=1S/C15H19NO4S/c1-12(10-14(17)15-8-5-9-20-15)16-21(18,19)11-13-6-3-2-4-7-13/h2-9,12,14,16-17H,10-11H2,1H3. The number of nitrogens with one attached hydrogen (secondary N) is 1. The van der Waals surface area contributed by atoms with Crippen LogP contribution in [0.1, 0.15) is 30.8 Å². The van der Waals surface area contributed by atoms with Crippen molar-refractivity contribution in [3.63, 3.8) is 0 Å². The molecule has 114 valence electrons. The van der Waals surface area contributed by atoms with Gasteiger partial charge in [0.15, 0.2) is 0 Å². The molecular weight excluding hydrogens is 290 g/mol. The van der Waals surface area contributed by atoms with Gasteiger partial charge in [0.1, 0.15) is 11.9 Å². The van der Waals surface area contributed by atoms with Gasteiger partial charge >= 0.3 is 0 Å². The van der Waals surface area contributed by atoms with Crippen molar-refractivity contribution in [3.8, 4) is 0 Å². The molecule has 0 bridgehead atoms. The fraction of sp³-hybridized carbons (Fsp3) is 0.333. The van der Waals surface area contributed by atoms with Crippen LogP contribution in [0, 0.1) is 0 Å². The highest BCUT2D eigenvalue weighted by atomic mass is 32.2. The predicted molar refractivity (Wildman–Crippen MR) is 79.9 cm³/mol. The van der Waals surface area contributed by atoms with Gasteiger partial charge in [-0.1, -0.05) is 30.3 Å². The van der Waals surface area contributed by atoms with Crippen LogP contribution in [0.2, 0.25) is 0 Å². The number of hydrogen-bond acceptors (Lipinski definition) is 4. The van der Waals surface area contributed by atoms with Crippen molar-refractivity contribution in [3.05, 3.63) is 60.1 Å². The Morgan fingerprint density at radius 1 is 1.19 bits per heavy atom. The number of aliphatic hydroxyl groups excluding tert-OH is 1. The van der Waals surface area contributed by atoms with Gasteiger partial charge in [0.05, 0.1) is 12.0 Å². The lowest BCUT2D eigenvalue weighted by molar-refractivity contribution is 0.132. The summed E-state index contributed by atoms with van der Waals surface area (Å²) in [6.45, 7) is 1.72. The van der Waals surface area contributed by atoms with Crippen LogP contribution in [0.5, 0.6) is 0 Å². The average molecular weight is 309 g/mol. The molecule has 0 amide bonds. The highest BCUT2D eigenvalue weighted by Crippen LogP contribution is 2.19. The highest BCUT2D eigenvalue weighted by Gasteiger charge is 2.19. The van der Waals surface area contributed by atoms with Gasteiger partial charge in [-0.15, -0.1) is 0 Å². The van der Waals surface area contributed by atoms with Crippen LogP contribution in [-0.2, 0) is 15.8 Å². The van der Waals surface area contributed by atoms with Gasteiger partial charge in [0, 0.05) is 6.04 Å². The molecule has 2 aromatic rings. The molecule has 2 atom stereocenters. The van der Waals surface area contributed by atoms with Crippen molar-refractivity contribution in [2.45, 2.75) is 31.2 Å². The van der Waals surface area contributed by atoms with E-state index in [9.17, 15) is 13.5 Å². The quantitative estimate of drug-likeness (QED) is 0.822. The molecule has 1 aromatic carbocycles. The maximum Gasteiger partial charge on any atom is 0.216 e. The van der Waals surface area contributed by atoms with Gasteiger partial charge in [-0.2, -0.15) is 0 Å². The van der Waals surface area contributed by atoms with Gasteiger partial charge in [0.25, 0.3) is 0 Å². The second-order valence-electron chi connectivity index (χ2n) is 5.03. The summed E-state index contributed by atoms with van der Waals surface area (Å²) in [5.41, 5.74) is 0.726. The van der Waals surface area contributed by atoms with Crippen LogP contribution < -0.4 is 4.72 Å². The molecule has 2 rings (SSSR count). The van der Waals surface area contributed by atoms with E-state index in [1.54, 1.807) is 43.3 Å². The van der Waals surface area contributed by atoms with Gasteiger partial charge < -0.3 is 9.52 Å². The van der Waals surface area contributed by atoms with Crippen LogP contribution in [0.15, 0.2) is 53.1 Å². The number of hydrogen-bond donors (Lipinski definition) is 2. The van der Waals surface area contributed by atoms with Crippen LogP contribution in [0.4, 0.5) is 0 Å². The molecule has 6 heteroatoms. The topological polar surface area (TPSA) is 79.5 Å². The Morgan fingerprint density at radius 3 is 2.52 bits per heavy atom. The molecule has 0 fully saturated rings. The van der Waals surface area contributed by atoms with Crippen molar-refractivity contribution in [1.82, 2.24) is 4.72 Å². The molecule has 1 heterocycles. The molecule has 0 spiro atoms. The molecule has 1 aromatic heterocycles. The summed E-state index contributed by atoms with van der Waals surface area (Å²) in [4.78, 5) is 0. The minimum Gasteiger partial charge on any atom is -0.467 e. The molecule has 0 saturated heterocycles. The zero-order valence-corrected chi connectivity index (χ0v) is 12.6. The third-order valence-corrected chi connectivity index (χ3v) is 4.50. The number of rotatable bonds is 7. The van der Waals surface area contributed by atoms with Gasteiger partial charge in [-0.25, -0.2) is 13.1 Å². The SMILES string of the molecule is CC(CC(O)c1ccco1)NS(=O)(=O)Cc1ccccc1. The maximum absolute atomic E-state index is 12.1. The largest absolute Gasteiger partial charge is 0.467 e. The Bertz CT molecular complexity index is 638. The summed E-state index contributed by atoms with van der Waals surface area (Å²) >= 11 is 0. The molecule has 5 nitrogen and oxygen atoms in total. The van der Waals surface area contributed by atoms with Gasteiger partial charge in [-0.05, 0) is 31.0 Å². The van der Waals surface area contributed by atoms with Crippen LogP contribution in [0.3, 0.4) is 0 Å². The fourth-order valence-electron chi connectivity index (χ4n) is 2.12. The molecular formula is C15H19NO4S. The van der Waals surface area contributed by atoms with Crippen LogP contribution in [0.25, 0.3) is 0 Å². The van der Waals surface area contributed by atoms with Crippen molar-refractivity contribution >= 4 is 10.0 Å². The molecule has 0 radical (unpaired) electrons. The van der Waals surface area contributed by atoms with E-state index in [4.69, 9.17) is 4.42 Å². The Labute approximate surface area is 124 Å². The first kappa shape index (κ1) is 15.8. The van der Waals surface area contributed by atoms with Crippen LogP contribution >= 0.6 is 0 Å². The maximum atomic E-state index is 12.1. The Hall–Kier alpha value is -1.63. The smallest absolute Gasteiger partial charge is 0.216 e. The van der Waals surface area contributed by atoms with E-state index < -0.39 is 16.1 Å². The lowest BCUT2D eigenvalue weighted by Crippen LogP contribution is -2.34. The number of furan rings is 1. The van der Waals surface area contributed by atoms with E-state index in [-0.39, 0.29) is 18.2 Å². The van der Waals surface area contributed by atoms with Gasteiger partial charge in [-0.3, -0.25) is 0 Å². The minimum absolute atomic E-state index is 0.0744. The molecule has 2 unspecified atom stereocenters. The summed E-state index contributed by atoms with van der Waals surface area (Å²) in [6, 6.07) is 11.9.